The van der Waals surface area contributed by atoms with Crippen molar-refractivity contribution in [1.82, 2.24) is 14.8 Å². The zero-order chi connectivity index (χ0) is 13.8. The molecule has 2 amide bonds. The van der Waals surface area contributed by atoms with E-state index in [1.165, 1.54) is 18.2 Å². The van der Waals surface area contributed by atoms with Crippen LogP contribution in [0.2, 0.25) is 0 Å². The number of aromatic nitrogens is 3. The van der Waals surface area contributed by atoms with E-state index < -0.39 is 12.0 Å². The van der Waals surface area contributed by atoms with Gasteiger partial charge in [-0.1, -0.05) is 9.59 Å². The third-order valence-electron chi connectivity index (χ3n) is 2.24. The second-order valence-corrected chi connectivity index (χ2v) is 4.31. The quantitative estimate of drug-likeness (QED) is 0.785. The van der Waals surface area contributed by atoms with E-state index in [0.717, 1.165) is 11.5 Å². The van der Waals surface area contributed by atoms with Gasteiger partial charge >= 0.3 is 12.0 Å². The molecule has 1 heterocycles. The summed E-state index contributed by atoms with van der Waals surface area (Å²) in [6, 6.07) is 3.92. The van der Waals surface area contributed by atoms with Crippen LogP contribution in [0.3, 0.4) is 0 Å². The van der Waals surface area contributed by atoms with Gasteiger partial charge in [-0.15, -0.1) is 0 Å². The summed E-state index contributed by atoms with van der Waals surface area (Å²) in [4.78, 5) is 22.4. The minimum absolute atomic E-state index is 0.164. The number of carbonyl (C=O) groups excluding carboxylic acids is 1. The zero-order valence-electron chi connectivity index (χ0n) is 9.75. The van der Waals surface area contributed by atoms with Crippen molar-refractivity contribution in [3.8, 4) is 0 Å². The van der Waals surface area contributed by atoms with Gasteiger partial charge in [0.25, 0.3) is 0 Å². The van der Waals surface area contributed by atoms with Crippen molar-refractivity contribution in [1.29, 1.82) is 0 Å². The Morgan fingerprint density at radius 2 is 2.11 bits per heavy atom. The molecular formula is C10H9N5O3S. The van der Waals surface area contributed by atoms with Crippen LogP contribution in [-0.2, 0) is 0 Å². The minimum atomic E-state index is -1.01. The van der Waals surface area contributed by atoms with Gasteiger partial charge in [0, 0.05) is 17.2 Å². The molecule has 9 heteroatoms. The number of carboxylic acid groups (broad SMARTS) is 1. The van der Waals surface area contributed by atoms with Crippen LogP contribution < -0.4 is 10.6 Å². The molecule has 0 spiro atoms. The molecule has 98 valence electrons. The number of urea groups is 1. The topological polar surface area (TPSA) is 117 Å². The molecule has 0 radical (unpaired) electrons. The molecular weight excluding hydrogens is 270 g/mol. The highest BCUT2D eigenvalue weighted by Gasteiger charge is 2.09. The molecule has 0 saturated carbocycles. The van der Waals surface area contributed by atoms with Crippen LogP contribution in [-0.4, -0.2) is 31.9 Å². The summed E-state index contributed by atoms with van der Waals surface area (Å²) in [6.07, 6.45) is 0. The largest absolute Gasteiger partial charge is 0.478 e. The average Bonchev–Trinajstić information content (AvgIpc) is 2.84. The maximum Gasteiger partial charge on any atom is 0.335 e. The van der Waals surface area contributed by atoms with Gasteiger partial charge < -0.3 is 10.4 Å². The van der Waals surface area contributed by atoms with E-state index in [-0.39, 0.29) is 10.7 Å². The smallest absolute Gasteiger partial charge is 0.335 e. The molecule has 0 aliphatic heterocycles. The number of aromatic carboxylic acids is 1. The Morgan fingerprint density at radius 1 is 1.32 bits per heavy atom. The Bertz CT molecular complexity index is 614. The van der Waals surface area contributed by atoms with Crippen LogP contribution in [0.4, 0.5) is 15.6 Å². The molecule has 0 bridgehead atoms. The highest BCUT2D eigenvalue weighted by molar-refractivity contribution is 7.09. The van der Waals surface area contributed by atoms with E-state index in [2.05, 4.69) is 25.4 Å². The lowest BCUT2D eigenvalue weighted by molar-refractivity contribution is 0.0697. The first kappa shape index (κ1) is 12.9. The predicted octanol–water partition coefficient (Wildman–Crippen LogP) is 1.58. The van der Waals surface area contributed by atoms with Crippen molar-refractivity contribution in [2.24, 2.45) is 0 Å². The van der Waals surface area contributed by atoms with Crippen LogP contribution >= 0.6 is 11.5 Å². The second kappa shape index (κ2) is 5.40. The standard InChI is InChI=1S/C10H9N5O3S/c1-5-4-6(8(16)17)2-3-7(5)11-9(18)12-10-13-14-15-19-10/h2-4H,1H3,(H,16,17)(H2,11,12,13,15,18). The fourth-order valence-electron chi connectivity index (χ4n) is 1.37. The summed E-state index contributed by atoms with van der Waals surface area (Å²) in [5.74, 6) is -1.01. The van der Waals surface area contributed by atoms with Crippen LogP contribution in [0.15, 0.2) is 18.2 Å². The molecule has 19 heavy (non-hydrogen) atoms. The van der Waals surface area contributed by atoms with Crippen molar-refractivity contribution < 1.29 is 14.7 Å². The predicted molar refractivity (Wildman–Crippen MR) is 68.5 cm³/mol. The molecule has 0 atom stereocenters. The number of carboxylic acids is 1. The van der Waals surface area contributed by atoms with E-state index in [1.807, 2.05) is 0 Å². The van der Waals surface area contributed by atoms with Gasteiger partial charge in [-0.3, -0.25) is 5.32 Å². The van der Waals surface area contributed by atoms with Gasteiger partial charge in [0.15, 0.2) is 0 Å². The number of amides is 2. The van der Waals surface area contributed by atoms with Crippen LogP contribution in [0.5, 0.6) is 0 Å². The summed E-state index contributed by atoms with van der Waals surface area (Å²) in [7, 11) is 0. The summed E-state index contributed by atoms with van der Waals surface area (Å²) in [6.45, 7) is 1.70. The van der Waals surface area contributed by atoms with E-state index in [9.17, 15) is 9.59 Å². The SMILES string of the molecule is Cc1cc(C(=O)O)ccc1NC(=O)Nc1nnns1. The van der Waals surface area contributed by atoms with E-state index in [4.69, 9.17) is 5.11 Å². The Hall–Kier alpha value is -2.55. The molecule has 0 aliphatic carbocycles. The molecule has 1 aromatic carbocycles. The van der Waals surface area contributed by atoms with Crippen LogP contribution in [0.25, 0.3) is 0 Å². The number of hydrogen-bond donors (Lipinski definition) is 3. The number of carbonyl (C=O) groups is 2. The molecule has 3 N–H and O–H groups in total. The summed E-state index contributed by atoms with van der Waals surface area (Å²) in [5, 5.41) is 21.0. The Morgan fingerprint density at radius 3 is 2.68 bits per heavy atom. The lowest BCUT2D eigenvalue weighted by Crippen LogP contribution is -2.20. The number of rotatable bonds is 3. The summed E-state index contributed by atoms with van der Waals surface area (Å²) < 4.78 is 3.50. The fourth-order valence-corrected chi connectivity index (χ4v) is 1.73. The van der Waals surface area contributed by atoms with Gasteiger partial charge in [0.2, 0.25) is 5.13 Å². The first-order valence-electron chi connectivity index (χ1n) is 5.13. The molecule has 0 fully saturated rings. The van der Waals surface area contributed by atoms with E-state index in [1.54, 1.807) is 6.92 Å². The van der Waals surface area contributed by atoms with Crippen molar-refractivity contribution in [3.63, 3.8) is 0 Å². The Labute approximate surface area is 111 Å². The van der Waals surface area contributed by atoms with Gasteiger partial charge in [0.1, 0.15) is 0 Å². The molecule has 0 aliphatic rings. The third kappa shape index (κ3) is 3.22. The Balaban J connectivity index is 2.07. The fraction of sp³-hybridized carbons (Fsp3) is 0.100. The number of hydrogen-bond acceptors (Lipinski definition) is 6. The van der Waals surface area contributed by atoms with Crippen molar-refractivity contribution in [2.45, 2.75) is 6.92 Å². The number of nitrogens with zero attached hydrogens (tertiary/aromatic N) is 3. The van der Waals surface area contributed by atoms with E-state index in [0.29, 0.717) is 11.3 Å². The third-order valence-corrected chi connectivity index (χ3v) is 2.75. The van der Waals surface area contributed by atoms with Crippen molar-refractivity contribution >= 4 is 34.4 Å². The Kier molecular flexibility index (Phi) is 3.66. The monoisotopic (exact) mass is 279 g/mol. The minimum Gasteiger partial charge on any atom is -0.478 e. The van der Waals surface area contributed by atoms with Crippen LogP contribution in [0, 0.1) is 6.92 Å². The molecule has 2 aromatic rings. The summed E-state index contributed by atoms with van der Waals surface area (Å²) in [5.41, 5.74) is 1.32. The van der Waals surface area contributed by atoms with Crippen LogP contribution in [0.1, 0.15) is 15.9 Å². The molecule has 1 aromatic heterocycles. The number of aryl methyl sites for hydroxylation is 1. The zero-order valence-corrected chi connectivity index (χ0v) is 10.6. The highest BCUT2D eigenvalue weighted by atomic mass is 32.1. The van der Waals surface area contributed by atoms with Gasteiger partial charge in [-0.2, -0.15) is 0 Å². The number of nitrogens with one attached hydrogen (secondary N) is 2. The lowest BCUT2D eigenvalue weighted by Gasteiger charge is -2.08. The average molecular weight is 279 g/mol. The van der Waals surface area contributed by atoms with Gasteiger partial charge in [-0.25, -0.2) is 9.59 Å². The maximum absolute atomic E-state index is 11.6. The molecule has 0 saturated heterocycles. The van der Waals surface area contributed by atoms with Crippen molar-refractivity contribution in [2.75, 3.05) is 10.6 Å². The lowest BCUT2D eigenvalue weighted by atomic mass is 10.1. The highest BCUT2D eigenvalue weighted by Crippen LogP contribution is 2.17. The van der Waals surface area contributed by atoms with Gasteiger partial charge in [-0.05, 0) is 35.9 Å². The second-order valence-electron chi connectivity index (χ2n) is 3.58. The van der Waals surface area contributed by atoms with E-state index >= 15 is 0 Å². The maximum atomic E-state index is 11.6. The molecule has 8 nitrogen and oxygen atoms in total. The first-order chi connectivity index (χ1) is 9.06. The summed E-state index contributed by atoms with van der Waals surface area (Å²) >= 11 is 0.950. The molecule has 0 unspecified atom stereocenters. The van der Waals surface area contributed by atoms with Gasteiger partial charge in [0.05, 0.1) is 5.56 Å². The normalized spacial score (nSPS) is 9.95. The number of benzene rings is 1. The first-order valence-corrected chi connectivity index (χ1v) is 5.90. The van der Waals surface area contributed by atoms with Crippen molar-refractivity contribution in [3.05, 3.63) is 29.3 Å². The number of anilines is 2. The molecule has 2 rings (SSSR count).